The summed E-state index contributed by atoms with van der Waals surface area (Å²) >= 11 is 3.43. The monoisotopic (exact) mass is 439 g/mol. The lowest BCUT2D eigenvalue weighted by molar-refractivity contribution is -0.262. The lowest BCUT2D eigenvalue weighted by Gasteiger charge is -2.29. The Hall–Kier alpha value is -2.41. The van der Waals surface area contributed by atoms with Gasteiger partial charge < -0.3 is 9.52 Å². The number of halogens is 1. The van der Waals surface area contributed by atoms with Crippen molar-refractivity contribution in [3.05, 3.63) is 76.5 Å². The van der Waals surface area contributed by atoms with Crippen LogP contribution in [-0.4, -0.2) is 22.7 Å². The van der Waals surface area contributed by atoms with Gasteiger partial charge in [0.25, 0.3) is 5.91 Å². The maximum absolute atomic E-state index is 13.2. The van der Waals surface area contributed by atoms with Gasteiger partial charge in [-0.05, 0) is 54.7 Å². The third-order valence-electron chi connectivity index (χ3n) is 5.13. The quantitative estimate of drug-likeness (QED) is 0.630. The number of hydrogen-bond donors (Lipinski definition) is 1. The number of furan rings is 1. The van der Waals surface area contributed by atoms with Crippen molar-refractivity contribution in [3.8, 4) is 0 Å². The zero-order valence-electron chi connectivity index (χ0n) is 15.0. The number of hydroxylamine groups is 2. The molecule has 2 heterocycles. The first-order valence-electron chi connectivity index (χ1n) is 9.22. The maximum Gasteiger partial charge on any atom is 0.281 e. The van der Waals surface area contributed by atoms with Crippen molar-refractivity contribution in [3.63, 3.8) is 0 Å². The van der Waals surface area contributed by atoms with Crippen LogP contribution in [0.2, 0.25) is 0 Å². The molecule has 1 atom stereocenters. The second kappa shape index (κ2) is 6.58. The van der Waals surface area contributed by atoms with Gasteiger partial charge in [0.2, 0.25) is 5.72 Å². The molecule has 1 aliphatic carbocycles. The Balaban J connectivity index is 1.60. The van der Waals surface area contributed by atoms with Crippen LogP contribution in [0.5, 0.6) is 0 Å². The predicted molar refractivity (Wildman–Crippen MR) is 108 cm³/mol. The number of nitrogens with zero attached hydrogens (tertiary/aromatic N) is 1. The second-order valence-electron chi connectivity index (χ2n) is 7.28. The van der Waals surface area contributed by atoms with Gasteiger partial charge in [0.05, 0.1) is 12.2 Å². The van der Waals surface area contributed by atoms with Crippen molar-refractivity contribution in [2.75, 3.05) is 6.61 Å². The standard InChI is InChI=1S/C22H18BrNO4/c23-17-6-3-5-15(10-17)18-12-22(26,24(21(18)25)27-13-14-8-9-14)20-11-16-4-1-2-7-19(16)28-20/h1-7,10-12,14,26H,8-9,13H2. The molecule has 142 valence electrons. The summed E-state index contributed by atoms with van der Waals surface area (Å²) in [4.78, 5) is 19.0. The minimum atomic E-state index is -1.80. The molecule has 1 aromatic heterocycles. The number of hydrogen-bond acceptors (Lipinski definition) is 4. The largest absolute Gasteiger partial charge is 0.455 e. The molecule has 5 nitrogen and oxygen atoms in total. The van der Waals surface area contributed by atoms with Gasteiger partial charge in [0.15, 0.2) is 5.76 Å². The van der Waals surface area contributed by atoms with E-state index in [1.807, 2.05) is 48.5 Å². The lowest BCUT2D eigenvalue weighted by Crippen LogP contribution is -2.44. The number of amides is 1. The van der Waals surface area contributed by atoms with E-state index in [0.29, 0.717) is 29.2 Å². The van der Waals surface area contributed by atoms with E-state index >= 15 is 0 Å². The molecule has 0 radical (unpaired) electrons. The Morgan fingerprint density at radius 1 is 1.18 bits per heavy atom. The van der Waals surface area contributed by atoms with E-state index in [2.05, 4.69) is 15.9 Å². The van der Waals surface area contributed by atoms with Crippen LogP contribution < -0.4 is 0 Å². The average Bonchev–Trinajstić information content (AvgIpc) is 3.34. The van der Waals surface area contributed by atoms with Crippen molar-refractivity contribution in [2.24, 2.45) is 5.92 Å². The number of rotatable bonds is 5. The molecule has 2 aliphatic rings. The number of benzene rings is 2. The highest BCUT2D eigenvalue weighted by Crippen LogP contribution is 2.42. The zero-order chi connectivity index (χ0) is 19.3. The average molecular weight is 440 g/mol. The fourth-order valence-corrected chi connectivity index (χ4v) is 3.80. The molecule has 1 saturated carbocycles. The molecule has 1 N–H and O–H groups in total. The second-order valence-corrected chi connectivity index (χ2v) is 8.20. The zero-order valence-corrected chi connectivity index (χ0v) is 16.6. The summed E-state index contributed by atoms with van der Waals surface area (Å²) in [5, 5.41) is 13.4. The fourth-order valence-electron chi connectivity index (χ4n) is 3.40. The van der Waals surface area contributed by atoms with E-state index in [1.165, 1.54) is 6.08 Å². The molecule has 1 amide bonds. The molecule has 0 saturated heterocycles. The van der Waals surface area contributed by atoms with Crippen LogP contribution >= 0.6 is 15.9 Å². The smallest absolute Gasteiger partial charge is 0.281 e. The molecule has 3 aromatic rings. The van der Waals surface area contributed by atoms with E-state index in [1.54, 1.807) is 6.07 Å². The number of para-hydroxylation sites is 1. The van der Waals surface area contributed by atoms with Gasteiger partial charge in [0.1, 0.15) is 5.58 Å². The van der Waals surface area contributed by atoms with Crippen LogP contribution in [0.25, 0.3) is 16.5 Å². The van der Waals surface area contributed by atoms with Crippen molar-refractivity contribution < 1.29 is 19.2 Å². The summed E-state index contributed by atoms with van der Waals surface area (Å²) in [6, 6.07) is 16.6. The molecule has 0 spiro atoms. The summed E-state index contributed by atoms with van der Waals surface area (Å²) in [7, 11) is 0. The van der Waals surface area contributed by atoms with Crippen LogP contribution in [0.1, 0.15) is 24.2 Å². The SMILES string of the molecule is O=C1C(c2cccc(Br)c2)=CC(O)(c2cc3ccccc3o2)N1OCC1CC1. The van der Waals surface area contributed by atoms with E-state index in [0.717, 1.165) is 27.8 Å². The Morgan fingerprint density at radius 3 is 2.75 bits per heavy atom. The van der Waals surface area contributed by atoms with Crippen molar-refractivity contribution >= 4 is 38.4 Å². The molecule has 1 aliphatic heterocycles. The number of carbonyl (C=O) groups is 1. The molecular weight excluding hydrogens is 422 g/mol. The molecule has 28 heavy (non-hydrogen) atoms. The molecule has 1 fully saturated rings. The first-order valence-corrected chi connectivity index (χ1v) is 10.0. The summed E-state index contributed by atoms with van der Waals surface area (Å²) in [5.41, 5.74) is -0.0841. The summed E-state index contributed by atoms with van der Waals surface area (Å²) in [5.74, 6) is 0.298. The van der Waals surface area contributed by atoms with Crippen molar-refractivity contribution in [1.29, 1.82) is 0 Å². The Labute approximate surface area is 170 Å². The third-order valence-corrected chi connectivity index (χ3v) is 5.62. The topological polar surface area (TPSA) is 62.9 Å². The van der Waals surface area contributed by atoms with E-state index < -0.39 is 5.72 Å². The van der Waals surface area contributed by atoms with E-state index in [9.17, 15) is 9.90 Å². The van der Waals surface area contributed by atoms with Gasteiger partial charge in [0, 0.05) is 9.86 Å². The van der Waals surface area contributed by atoms with Crippen LogP contribution in [0.4, 0.5) is 0 Å². The number of aliphatic hydroxyl groups is 1. The van der Waals surface area contributed by atoms with Crippen molar-refractivity contribution in [2.45, 2.75) is 18.6 Å². The third kappa shape index (κ3) is 2.98. The van der Waals surface area contributed by atoms with E-state index in [4.69, 9.17) is 9.25 Å². The summed E-state index contributed by atoms with van der Waals surface area (Å²) < 4.78 is 6.74. The fraction of sp³-hybridized carbons (Fsp3) is 0.227. The Morgan fingerprint density at radius 2 is 2.00 bits per heavy atom. The highest BCUT2D eigenvalue weighted by molar-refractivity contribution is 9.10. The minimum Gasteiger partial charge on any atom is -0.455 e. The van der Waals surface area contributed by atoms with Gasteiger partial charge in [-0.2, -0.15) is 5.06 Å². The number of fused-ring (bicyclic) bond motifs is 1. The van der Waals surface area contributed by atoms with Gasteiger partial charge in [-0.3, -0.25) is 9.63 Å². The van der Waals surface area contributed by atoms with Gasteiger partial charge in [-0.15, -0.1) is 0 Å². The molecular formula is C22H18BrNO4. The minimum absolute atomic E-state index is 0.253. The van der Waals surface area contributed by atoms with Crippen LogP contribution in [0.15, 0.2) is 69.6 Å². The maximum atomic E-state index is 13.2. The number of carbonyl (C=O) groups excluding carboxylic acids is 1. The predicted octanol–water partition coefficient (Wildman–Crippen LogP) is 4.61. The molecule has 0 bridgehead atoms. The van der Waals surface area contributed by atoms with E-state index in [-0.39, 0.29) is 11.7 Å². The summed E-state index contributed by atoms with van der Waals surface area (Å²) in [6.07, 6.45) is 3.68. The first-order chi connectivity index (χ1) is 13.5. The normalized spacial score (nSPS) is 22.1. The molecule has 6 heteroatoms. The van der Waals surface area contributed by atoms with Crippen LogP contribution in [0.3, 0.4) is 0 Å². The lowest BCUT2D eigenvalue weighted by atomic mass is 10.0. The highest BCUT2D eigenvalue weighted by Gasteiger charge is 2.50. The molecule has 5 rings (SSSR count). The first kappa shape index (κ1) is 17.7. The molecule has 1 unspecified atom stereocenters. The Kier molecular flexibility index (Phi) is 4.16. The van der Waals surface area contributed by atoms with Gasteiger partial charge >= 0.3 is 0 Å². The van der Waals surface area contributed by atoms with Gasteiger partial charge in [-0.25, -0.2) is 0 Å². The van der Waals surface area contributed by atoms with Crippen molar-refractivity contribution in [1.82, 2.24) is 5.06 Å². The van der Waals surface area contributed by atoms with Crippen LogP contribution in [-0.2, 0) is 15.4 Å². The Bertz CT molecular complexity index is 1070. The summed E-state index contributed by atoms with van der Waals surface area (Å²) in [6.45, 7) is 0.397. The van der Waals surface area contributed by atoms with Crippen LogP contribution in [0, 0.1) is 5.92 Å². The molecule has 2 aromatic carbocycles. The van der Waals surface area contributed by atoms with Gasteiger partial charge in [-0.1, -0.05) is 46.3 Å². The highest BCUT2D eigenvalue weighted by atomic mass is 79.9.